The monoisotopic (exact) mass is 334 g/mol. The zero-order chi connectivity index (χ0) is 12.4. The van der Waals surface area contributed by atoms with E-state index in [0.29, 0.717) is 15.3 Å². The molecule has 0 spiro atoms. The first-order valence-corrected chi connectivity index (χ1v) is 6.15. The lowest BCUT2D eigenvalue weighted by Crippen LogP contribution is -1.97. The molecule has 2 nitrogen and oxygen atoms in total. The van der Waals surface area contributed by atoms with Gasteiger partial charge in [0.05, 0.1) is 20.2 Å². The third-order valence-electron chi connectivity index (χ3n) is 2.01. The molecule has 0 amide bonds. The minimum atomic E-state index is -0.443. The number of nitrogens with zero attached hydrogens (tertiary/aromatic N) is 1. The molecule has 17 heavy (non-hydrogen) atoms. The van der Waals surface area contributed by atoms with Crippen molar-refractivity contribution in [3.05, 3.63) is 50.8 Å². The van der Waals surface area contributed by atoms with Crippen LogP contribution in [-0.2, 0) is 0 Å². The van der Waals surface area contributed by atoms with E-state index < -0.39 is 5.82 Å². The highest BCUT2D eigenvalue weighted by Crippen LogP contribution is 2.31. The van der Waals surface area contributed by atoms with Gasteiger partial charge in [0.15, 0.2) is 0 Å². The van der Waals surface area contributed by atoms with Gasteiger partial charge in [0.1, 0.15) is 11.6 Å². The zero-order valence-electron chi connectivity index (χ0n) is 8.35. The minimum absolute atomic E-state index is 0.185. The fourth-order valence-electron chi connectivity index (χ4n) is 1.24. The van der Waals surface area contributed by atoms with Crippen molar-refractivity contribution in [2.45, 2.75) is 0 Å². The lowest BCUT2D eigenvalue weighted by molar-refractivity contribution is 0.632. The van der Waals surface area contributed by atoms with Gasteiger partial charge in [-0.15, -0.1) is 0 Å². The highest BCUT2D eigenvalue weighted by Gasteiger charge is 2.09. The number of rotatable bonds is 2. The molecule has 0 aliphatic carbocycles. The Hall–Kier alpha value is -0.840. The Balaban J connectivity index is 2.38. The zero-order valence-corrected chi connectivity index (χ0v) is 11.4. The first-order valence-electron chi connectivity index (χ1n) is 4.60. The summed E-state index contributed by atoms with van der Waals surface area (Å²) < 4.78 is 14.2. The smallest absolute Gasteiger partial charge is 0.148 e. The van der Waals surface area contributed by atoms with Crippen LogP contribution in [0.1, 0.15) is 0 Å². The predicted molar refractivity (Wildman–Crippen MR) is 71.6 cm³/mol. The molecule has 2 rings (SSSR count). The van der Waals surface area contributed by atoms with E-state index in [1.807, 2.05) is 0 Å². The van der Waals surface area contributed by atoms with Gasteiger partial charge in [0.2, 0.25) is 0 Å². The maximum absolute atomic E-state index is 13.5. The molecular formula is C11H6BrCl2FN2. The van der Waals surface area contributed by atoms with Gasteiger partial charge in [-0.25, -0.2) is 9.37 Å². The second-order valence-electron chi connectivity index (χ2n) is 3.21. The summed E-state index contributed by atoms with van der Waals surface area (Å²) in [7, 11) is 0. The Kier molecular flexibility index (Phi) is 3.86. The summed E-state index contributed by atoms with van der Waals surface area (Å²) >= 11 is 14.9. The summed E-state index contributed by atoms with van der Waals surface area (Å²) in [5.74, 6) is 0.00236. The molecule has 0 saturated carbocycles. The van der Waals surface area contributed by atoms with Gasteiger partial charge in [-0.1, -0.05) is 29.3 Å². The van der Waals surface area contributed by atoms with E-state index in [0.717, 1.165) is 0 Å². The van der Waals surface area contributed by atoms with Crippen molar-refractivity contribution in [1.29, 1.82) is 0 Å². The van der Waals surface area contributed by atoms with E-state index >= 15 is 0 Å². The van der Waals surface area contributed by atoms with E-state index in [2.05, 4.69) is 26.2 Å². The summed E-state index contributed by atoms with van der Waals surface area (Å²) in [6.07, 6.45) is 1.46. The van der Waals surface area contributed by atoms with Crippen molar-refractivity contribution in [1.82, 2.24) is 4.98 Å². The summed E-state index contributed by atoms with van der Waals surface area (Å²) in [4.78, 5) is 4.04. The fraction of sp³-hybridized carbons (Fsp3) is 0. The Morgan fingerprint density at radius 1 is 1.29 bits per heavy atom. The summed E-state index contributed by atoms with van der Waals surface area (Å²) in [6, 6.07) is 6.10. The highest BCUT2D eigenvalue weighted by atomic mass is 79.9. The molecule has 0 bridgehead atoms. The molecule has 1 aromatic heterocycles. The molecule has 0 aliphatic rings. The Bertz CT molecular complexity index is 543. The quantitative estimate of drug-likeness (QED) is 0.832. The molecule has 6 heteroatoms. The fourth-order valence-corrected chi connectivity index (χ4v) is 2.19. The van der Waals surface area contributed by atoms with E-state index in [1.54, 1.807) is 12.1 Å². The largest absolute Gasteiger partial charge is 0.336 e. The number of hydrogen-bond acceptors (Lipinski definition) is 2. The average molecular weight is 336 g/mol. The van der Waals surface area contributed by atoms with Crippen molar-refractivity contribution in [3.63, 3.8) is 0 Å². The topological polar surface area (TPSA) is 24.9 Å². The third-order valence-corrected chi connectivity index (χ3v) is 3.14. The van der Waals surface area contributed by atoms with Crippen LogP contribution in [0.5, 0.6) is 0 Å². The molecule has 2 aromatic rings. The molecule has 1 heterocycles. The maximum atomic E-state index is 13.5. The van der Waals surface area contributed by atoms with Crippen LogP contribution in [-0.4, -0.2) is 4.98 Å². The molecule has 0 aliphatic heterocycles. The molecule has 0 fully saturated rings. The van der Waals surface area contributed by atoms with Gasteiger partial charge in [0.25, 0.3) is 0 Å². The second-order valence-corrected chi connectivity index (χ2v) is 4.90. The van der Waals surface area contributed by atoms with Crippen LogP contribution >= 0.6 is 39.1 Å². The summed E-state index contributed by atoms with van der Waals surface area (Å²) in [5, 5.41) is 3.59. The molecule has 0 saturated heterocycles. The number of para-hydroxylation sites is 1. The number of hydrogen-bond donors (Lipinski definition) is 1. The van der Waals surface area contributed by atoms with Crippen LogP contribution < -0.4 is 5.32 Å². The summed E-state index contributed by atoms with van der Waals surface area (Å²) in [6.45, 7) is 0. The highest BCUT2D eigenvalue weighted by molar-refractivity contribution is 9.10. The van der Waals surface area contributed by atoms with E-state index in [4.69, 9.17) is 23.2 Å². The van der Waals surface area contributed by atoms with E-state index in [9.17, 15) is 4.39 Å². The lowest BCUT2D eigenvalue weighted by atomic mass is 10.3. The molecular weight excluding hydrogens is 330 g/mol. The van der Waals surface area contributed by atoms with Crippen molar-refractivity contribution >= 4 is 50.6 Å². The second kappa shape index (κ2) is 5.21. The number of nitrogens with one attached hydrogen (secondary N) is 1. The van der Waals surface area contributed by atoms with E-state index in [1.165, 1.54) is 18.3 Å². The molecule has 0 radical (unpaired) electrons. The first-order chi connectivity index (χ1) is 8.08. The van der Waals surface area contributed by atoms with Crippen LogP contribution in [0.3, 0.4) is 0 Å². The van der Waals surface area contributed by atoms with Gasteiger partial charge >= 0.3 is 0 Å². The maximum Gasteiger partial charge on any atom is 0.148 e. The van der Waals surface area contributed by atoms with Crippen molar-refractivity contribution in [2.24, 2.45) is 0 Å². The first kappa shape index (κ1) is 12.6. The van der Waals surface area contributed by atoms with Crippen LogP contribution in [0.4, 0.5) is 15.9 Å². The van der Waals surface area contributed by atoms with Crippen LogP contribution in [0, 0.1) is 5.82 Å². The summed E-state index contributed by atoms with van der Waals surface area (Å²) in [5.41, 5.74) is 0.185. The van der Waals surface area contributed by atoms with Gasteiger partial charge in [-0.3, -0.25) is 0 Å². The number of pyridine rings is 1. The lowest BCUT2D eigenvalue weighted by Gasteiger charge is -2.10. The normalized spacial score (nSPS) is 10.4. The van der Waals surface area contributed by atoms with Crippen LogP contribution in [0.25, 0.3) is 0 Å². The standard InChI is InChI=1S/C11H6BrCl2FN2/c12-7-4-6(13)5-16-11(7)17-10-8(14)2-1-3-9(10)15/h1-5H,(H,16,17). The SMILES string of the molecule is Fc1cccc(Cl)c1Nc1ncc(Cl)cc1Br. The number of benzene rings is 1. The number of anilines is 2. The molecule has 0 atom stereocenters. The van der Waals surface area contributed by atoms with Crippen LogP contribution in [0.15, 0.2) is 34.9 Å². The third kappa shape index (κ3) is 2.89. The molecule has 0 unspecified atom stereocenters. The van der Waals surface area contributed by atoms with Crippen molar-refractivity contribution in [3.8, 4) is 0 Å². The molecule has 1 N–H and O–H groups in total. The van der Waals surface area contributed by atoms with E-state index in [-0.39, 0.29) is 10.7 Å². The number of aromatic nitrogens is 1. The van der Waals surface area contributed by atoms with Gasteiger partial charge < -0.3 is 5.32 Å². The van der Waals surface area contributed by atoms with Gasteiger partial charge in [0, 0.05) is 6.20 Å². The Morgan fingerprint density at radius 3 is 2.71 bits per heavy atom. The van der Waals surface area contributed by atoms with Gasteiger partial charge in [-0.05, 0) is 34.1 Å². The Labute approximate surface area is 116 Å². The van der Waals surface area contributed by atoms with Crippen molar-refractivity contribution in [2.75, 3.05) is 5.32 Å². The predicted octanol–water partition coefficient (Wildman–Crippen LogP) is 5.03. The average Bonchev–Trinajstić information content (AvgIpc) is 2.26. The molecule has 88 valence electrons. The molecule has 1 aromatic carbocycles. The number of halogens is 4. The Morgan fingerprint density at radius 2 is 2.06 bits per heavy atom. The van der Waals surface area contributed by atoms with Crippen LogP contribution in [0.2, 0.25) is 10.0 Å². The van der Waals surface area contributed by atoms with Crippen molar-refractivity contribution < 1.29 is 4.39 Å². The van der Waals surface area contributed by atoms with Gasteiger partial charge in [-0.2, -0.15) is 0 Å². The minimum Gasteiger partial charge on any atom is -0.336 e.